The first-order valence-corrected chi connectivity index (χ1v) is 8.27. The molecule has 2 N–H and O–H groups in total. The number of hydrogen-bond donors (Lipinski definition) is 2. The van der Waals surface area contributed by atoms with E-state index >= 15 is 0 Å². The summed E-state index contributed by atoms with van der Waals surface area (Å²) in [5.74, 6) is 2.17. The molecule has 0 fully saturated rings. The van der Waals surface area contributed by atoms with Crippen LogP contribution in [-0.2, 0) is 6.54 Å². The smallest absolute Gasteiger partial charge is 0.287 e. The van der Waals surface area contributed by atoms with E-state index in [2.05, 4.69) is 10.4 Å². The van der Waals surface area contributed by atoms with Crippen molar-refractivity contribution in [3.63, 3.8) is 0 Å². The van der Waals surface area contributed by atoms with Crippen molar-refractivity contribution in [3.8, 4) is 0 Å². The lowest BCUT2D eigenvalue weighted by molar-refractivity contribution is 0.296. The SMILES string of the molecule is CC(C)Cn1ncc(NCCSCCCO)c(Cl)c1=O. The van der Waals surface area contributed by atoms with E-state index in [1.165, 1.54) is 4.68 Å². The van der Waals surface area contributed by atoms with Crippen molar-refractivity contribution in [3.05, 3.63) is 21.6 Å². The van der Waals surface area contributed by atoms with E-state index in [-0.39, 0.29) is 17.2 Å². The molecule has 0 saturated heterocycles. The Morgan fingerprint density at radius 3 is 2.90 bits per heavy atom. The summed E-state index contributed by atoms with van der Waals surface area (Å²) in [6, 6.07) is 0. The molecule has 1 aromatic rings. The Morgan fingerprint density at radius 1 is 1.50 bits per heavy atom. The number of rotatable bonds is 9. The second-order valence-electron chi connectivity index (χ2n) is 4.87. The van der Waals surface area contributed by atoms with Gasteiger partial charge < -0.3 is 10.4 Å². The summed E-state index contributed by atoms with van der Waals surface area (Å²) in [5, 5.41) is 16.1. The van der Waals surface area contributed by atoms with Crippen LogP contribution in [-0.4, -0.2) is 39.5 Å². The molecule has 0 radical (unpaired) electrons. The van der Waals surface area contributed by atoms with Gasteiger partial charge in [-0.15, -0.1) is 0 Å². The summed E-state index contributed by atoms with van der Waals surface area (Å²) in [4.78, 5) is 12.0. The Kier molecular flexibility index (Phi) is 8.02. The lowest BCUT2D eigenvalue weighted by Gasteiger charge is -2.11. The lowest BCUT2D eigenvalue weighted by Crippen LogP contribution is -2.26. The molecule has 0 atom stereocenters. The Labute approximate surface area is 128 Å². The third-order valence-electron chi connectivity index (χ3n) is 2.53. The van der Waals surface area contributed by atoms with Gasteiger partial charge in [-0.2, -0.15) is 16.9 Å². The van der Waals surface area contributed by atoms with Crippen molar-refractivity contribution in [1.82, 2.24) is 9.78 Å². The first kappa shape index (κ1) is 17.3. The number of halogens is 1. The first-order valence-electron chi connectivity index (χ1n) is 6.74. The van der Waals surface area contributed by atoms with E-state index in [4.69, 9.17) is 16.7 Å². The highest BCUT2D eigenvalue weighted by molar-refractivity contribution is 7.99. The van der Waals surface area contributed by atoms with Crippen molar-refractivity contribution in [2.45, 2.75) is 26.8 Å². The van der Waals surface area contributed by atoms with Gasteiger partial charge in [0.15, 0.2) is 0 Å². The van der Waals surface area contributed by atoms with Crippen molar-refractivity contribution < 1.29 is 5.11 Å². The van der Waals surface area contributed by atoms with Crippen LogP contribution in [0.3, 0.4) is 0 Å². The largest absolute Gasteiger partial charge is 0.396 e. The van der Waals surface area contributed by atoms with Gasteiger partial charge in [0.2, 0.25) is 0 Å². The van der Waals surface area contributed by atoms with Gasteiger partial charge in [0.05, 0.1) is 11.9 Å². The number of aliphatic hydroxyl groups excluding tert-OH is 1. The average Bonchev–Trinajstić information content (AvgIpc) is 2.41. The van der Waals surface area contributed by atoms with Gasteiger partial charge in [0.1, 0.15) is 5.02 Å². The van der Waals surface area contributed by atoms with Crippen LogP contribution in [0.2, 0.25) is 5.02 Å². The fourth-order valence-corrected chi connectivity index (χ4v) is 2.59. The zero-order valence-electron chi connectivity index (χ0n) is 11.9. The third kappa shape index (κ3) is 5.73. The predicted molar refractivity (Wildman–Crippen MR) is 85.9 cm³/mol. The number of thioether (sulfide) groups is 1. The Balaban J connectivity index is 2.51. The van der Waals surface area contributed by atoms with Crippen molar-refractivity contribution in [2.75, 3.05) is 30.0 Å². The van der Waals surface area contributed by atoms with Crippen LogP contribution in [0, 0.1) is 5.92 Å². The van der Waals surface area contributed by atoms with Gasteiger partial charge in [-0.1, -0.05) is 25.4 Å². The fraction of sp³-hybridized carbons (Fsp3) is 0.692. The molecule has 1 aromatic heterocycles. The predicted octanol–water partition coefficient (Wildman–Crippen LogP) is 2.08. The standard InChI is InChI=1S/C13H22ClN3O2S/c1-10(2)9-17-13(19)12(14)11(8-16-17)15-4-7-20-6-3-5-18/h8,10,15,18H,3-7,9H2,1-2H3. The van der Waals surface area contributed by atoms with Crippen LogP contribution < -0.4 is 10.9 Å². The summed E-state index contributed by atoms with van der Waals surface area (Å²) < 4.78 is 1.40. The van der Waals surface area contributed by atoms with Gasteiger partial charge >= 0.3 is 0 Å². The summed E-state index contributed by atoms with van der Waals surface area (Å²) in [7, 11) is 0. The molecule has 0 spiro atoms. The van der Waals surface area contributed by atoms with Crippen LogP contribution in [0.5, 0.6) is 0 Å². The summed E-state index contributed by atoms with van der Waals surface area (Å²) in [5.41, 5.74) is 0.331. The average molecular weight is 320 g/mol. The van der Waals surface area contributed by atoms with Crippen molar-refractivity contribution in [2.24, 2.45) is 5.92 Å². The molecular weight excluding hydrogens is 298 g/mol. The maximum absolute atomic E-state index is 12.0. The lowest BCUT2D eigenvalue weighted by atomic mass is 10.2. The Hall–Kier alpha value is -0.720. The molecule has 0 amide bonds. The van der Waals surface area contributed by atoms with Crippen LogP contribution in [0.1, 0.15) is 20.3 Å². The molecule has 1 rings (SSSR count). The Bertz CT molecular complexity index is 465. The minimum absolute atomic E-state index is 0.195. The molecule has 1 heterocycles. The normalized spacial score (nSPS) is 11.1. The molecule has 0 saturated carbocycles. The second kappa shape index (κ2) is 9.26. The topological polar surface area (TPSA) is 67.2 Å². The van der Waals surface area contributed by atoms with Crippen LogP contribution in [0.15, 0.2) is 11.0 Å². The van der Waals surface area contributed by atoms with E-state index in [1.54, 1.807) is 18.0 Å². The highest BCUT2D eigenvalue weighted by Crippen LogP contribution is 2.15. The summed E-state index contributed by atoms with van der Waals surface area (Å²) in [6.45, 7) is 5.56. The van der Waals surface area contributed by atoms with Gasteiger partial charge in [-0.3, -0.25) is 4.79 Å². The third-order valence-corrected chi connectivity index (χ3v) is 3.97. The molecular formula is C13H22ClN3O2S. The molecule has 7 heteroatoms. The molecule has 0 aliphatic carbocycles. The number of aliphatic hydroxyl groups is 1. The molecule has 0 bridgehead atoms. The van der Waals surface area contributed by atoms with Crippen molar-refractivity contribution >= 4 is 29.1 Å². The molecule has 5 nitrogen and oxygen atoms in total. The molecule has 20 heavy (non-hydrogen) atoms. The fourth-order valence-electron chi connectivity index (χ4n) is 1.59. The summed E-state index contributed by atoms with van der Waals surface area (Å²) >= 11 is 7.82. The van der Waals surface area contributed by atoms with Gasteiger partial charge in [0.25, 0.3) is 5.56 Å². The van der Waals surface area contributed by atoms with Gasteiger partial charge in [-0.25, -0.2) is 4.68 Å². The van der Waals surface area contributed by atoms with Crippen LogP contribution >= 0.6 is 23.4 Å². The summed E-state index contributed by atoms with van der Waals surface area (Å²) in [6.07, 6.45) is 2.41. The maximum Gasteiger partial charge on any atom is 0.287 e. The van der Waals surface area contributed by atoms with Crippen LogP contribution in [0.25, 0.3) is 0 Å². The number of anilines is 1. The highest BCUT2D eigenvalue weighted by atomic mass is 35.5. The number of hydrogen-bond acceptors (Lipinski definition) is 5. The van der Waals surface area contributed by atoms with E-state index in [9.17, 15) is 4.79 Å². The monoisotopic (exact) mass is 319 g/mol. The maximum atomic E-state index is 12.0. The zero-order chi connectivity index (χ0) is 15.0. The van der Waals surface area contributed by atoms with E-state index in [1.807, 2.05) is 13.8 Å². The second-order valence-corrected chi connectivity index (χ2v) is 6.47. The van der Waals surface area contributed by atoms with Gasteiger partial charge in [-0.05, 0) is 18.1 Å². The van der Waals surface area contributed by atoms with E-state index in [0.717, 1.165) is 17.9 Å². The molecule has 0 aliphatic rings. The first-order chi connectivity index (χ1) is 9.56. The van der Waals surface area contributed by atoms with E-state index in [0.29, 0.717) is 24.7 Å². The minimum atomic E-state index is -0.252. The quantitative estimate of drug-likeness (QED) is 0.682. The number of nitrogens with zero attached hydrogens (tertiary/aromatic N) is 2. The Morgan fingerprint density at radius 2 is 2.25 bits per heavy atom. The van der Waals surface area contributed by atoms with Crippen molar-refractivity contribution in [1.29, 1.82) is 0 Å². The van der Waals surface area contributed by atoms with Gasteiger partial charge in [0, 0.05) is 25.4 Å². The number of aromatic nitrogens is 2. The molecule has 0 unspecified atom stereocenters. The molecule has 0 aliphatic heterocycles. The molecule has 114 valence electrons. The van der Waals surface area contributed by atoms with Crippen LogP contribution in [0.4, 0.5) is 5.69 Å². The zero-order valence-corrected chi connectivity index (χ0v) is 13.5. The minimum Gasteiger partial charge on any atom is -0.396 e. The highest BCUT2D eigenvalue weighted by Gasteiger charge is 2.09. The van der Waals surface area contributed by atoms with E-state index < -0.39 is 0 Å². The molecule has 0 aromatic carbocycles. The number of nitrogens with one attached hydrogen (secondary N) is 1.